The SMILES string of the molecule is CC/C=C\C/C=C\C/C=C\C/C=C\C/C=C\CCCCCCCC(=O)OCC(COC(=O)CCCCCCC/C=C\CCCCCCC)OC(=O)CCCCCCCCCCCCCCCCCCC. The van der Waals surface area contributed by atoms with E-state index in [0.29, 0.717) is 19.3 Å². The van der Waals surface area contributed by atoms with Crippen molar-refractivity contribution in [1.29, 1.82) is 0 Å². The van der Waals surface area contributed by atoms with Gasteiger partial charge < -0.3 is 14.2 Å². The average molecular weight is 978 g/mol. The molecule has 0 aromatic carbocycles. The third-order valence-electron chi connectivity index (χ3n) is 12.9. The van der Waals surface area contributed by atoms with Gasteiger partial charge in [-0.15, -0.1) is 0 Å². The molecule has 0 spiro atoms. The van der Waals surface area contributed by atoms with Crippen LogP contribution in [0.2, 0.25) is 0 Å². The molecule has 0 aromatic rings. The monoisotopic (exact) mass is 977 g/mol. The summed E-state index contributed by atoms with van der Waals surface area (Å²) >= 11 is 0. The molecule has 0 aliphatic heterocycles. The van der Waals surface area contributed by atoms with E-state index in [4.69, 9.17) is 14.2 Å². The van der Waals surface area contributed by atoms with Crippen LogP contribution in [0.5, 0.6) is 0 Å². The molecular weight excluding hydrogens is 865 g/mol. The minimum atomic E-state index is -0.786. The molecule has 1 atom stereocenters. The van der Waals surface area contributed by atoms with E-state index < -0.39 is 6.10 Å². The molecule has 0 heterocycles. The Morgan fingerprint density at radius 2 is 0.557 bits per heavy atom. The molecule has 0 amide bonds. The maximum Gasteiger partial charge on any atom is 0.306 e. The lowest BCUT2D eigenvalue weighted by molar-refractivity contribution is -0.167. The smallest absolute Gasteiger partial charge is 0.306 e. The van der Waals surface area contributed by atoms with Gasteiger partial charge in [-0.05, 0) is 89.9 Å². The van der Waals surface area contributed by atoms with Gasteiger partial charge in [0.05, 0.1) is 0 Å². The quantitative estimate of drug-likeness (QED) is 0.0261. The van der Waals surface area contributed by atoms with Crippen molar-refractivity contribution >= 4 is 17.9 Å². The molecular formula is C64H112O6. The molecule has 1 unspecified atom stereocenters. The second-order valence-corrected chi connectivity index (χ2v) is 19.9. The highest BCUT2D eigenvalue weighted by molar-refractivity contribution is 5.71. The van der Waals surface area contributed by atoms with Gasteiger partial charge in [-0.1, -0.05) is 261 Å². The lowest BCUT2D eigenvalue weighted by Gasteiger charge is -2.18. The van der Waals surface area contributed by atoms with Crippen LogP contribution in [-0.2, 0) is 28.6 Å². The van der Waals surface area contributed by atoms with Gasteiger partial charge in [0.1, 0.15) is 13.2 Å². The summed E-state index contributed by atoms with van der Waals surface area (Å²) in [6.07, 6.45) is 74.6. The summed E-state index contributed by atoms with van der Waals surface area (Å²) in [5, 5.41) is 0. The van der Waals surface area contributed by atoms with Crippen LogP contribution in [0, 0.1) is 0 Å². The Labute approximate surface area is 433 Å². The Kier molecular flexibility index (Phi) is 55.8. The summed E-state index contributed by atoms with van der Waals surface area (Å²) in [6.45, 7) is 6.52. The first-order valence-corrected chi connectivity index (χ1v) is 29.9. The molecule has 6 nitrogen and oxygen atoms in total. The lowest BCUT2D eigenvalue weighted by atomic mass is 10.0. The van der Waals surface area contributed by atoms with Gasteiger partial charge in [0.25, 0.3) is 0 Å². The van der Waals surface area contributed by atoms with E-state index in [2.05, 4.69) is 93.7 Å². The summed E-state index contributed by atoms with van der Waals surface area (Å²) in [4.78, 5) is 38.2. The third kappa shape index (κ3) is 55.8. The van der Waals surface area contributed by atoms with E-state index in [1.165, 1.54) is 141 Å². The number of rotatable bonds is 54. The molecule has 0 bridgehead atoms. The first-order valence-electron chi connectivity index (χ1n) is 29.9. The zero-order valence-corrected chi connectivity index (χ0v) is 46.3. The van der Waals surface area contributed by atoms with Crippen LogP contribution >= 0.6 is 0 Å². The van der Waals surface area contributed by atoms with Crippen molar-refractivity contribution in [3.8, 4) is 0 Å². The predicted molar refractivity (Wildman–Crippen MR) is 302 cm³/mol. The van der Waals surface area contributed by atoms with Crippen molar-refractivity contribution in [1.82, 2.24) is 0 Å². The average Bonchev–Trinajstić information content (AvgIpc) is 3.36. The Hall–Kier alpha value is -3.15. The number of hydrogen-bond donors (Lipinski definition) is 0. The summed E-state index contributed by atoms with van der Waals surface area (Å²) < 4.78 is 16.9. The van der Waals surface area contributed by atoms with Crippen molar-refractivity contribution in [3.05, 3.63) is 72.9 Å². The van der Waals surface area contributed by atoms with Crippen molar-refractivity contribution in [3.63, 3.8) is 0 Å². The largest absolute Gasteiger partial charge is 0.462 e. The molecule has 70 heavy (non-hydrogen) atoms. The van der Waals surface area contributed by atoms with Crippen molar-refractivity contribution in [2.75, 3.05) is 13.2 Å². The first kappa shape index (κ1) is 66.9. The van der Waals surface area contributed by atoms with Crippen molar-refractivity contribution in [2.45, 2.75) is 303 Å². The highest BCUT2D eigenvalue weighted by Crippen LogP contribution is 2.16. The molecule has 6 heteroatoms. The van der Waals surface area contributed by atoms with E-state index in [1.54, 1.807) is 0 Å². The topological polar surface area (TPSA) is 78.9 Å². The van der Waals surface area contributed by atoms with Crippen LogP contribution in [0.15, 0.2) is 72.9 Å². The molecule has 0 fully saturated rings. The van der Waals surface area contributed by atoms with Gasteiger partial charge in [-0.25, -0.2) is 0 Å². The van der Waals surface area contributed by atoms with E-state index in [9.17, 15) is 14.4 Å². The van der Waals surface area contributed by atoms with Crippen LogP contribution < -0.4 is 0 Å². The number of allylic oxidation sites excluding steroid dienone is 12. The Morgan fingerprint density at radius 3 is 0.886 bits per heavy atom. The van der Waals surface area contributed by atoms with Gasteiger partial charge in [-0.3, -0.25) is 14.4 Å². The summed E-state index contributed by atoms with van der Waals surface area (Å²) in [6, 6.07) is 0. The number of carbonyl (C=O) groups is 3. The number of esters is 3. The predicted octanol–water partition coefficient (Wildman–Crippen LogP) is 20.2. The minimum Gasteiger partial charge on any atom is -0.462 e. The highest BCUT2D eigenvalue weighted by atomic mass is 16.6. The minimum absolute atomic E-state index is 0.0836. The van der Waals surface area contributed by atoms with Crippen LogP contribution in [0.3, 0.4) is 0 Å². The number of unbranched alkanes of at least 4 members (excludes halogenated alkanes) is 31. The molecule has 404 valence electrons. The Bertz CT molecular complexity index is 1310. The molecule has 0 saturated heterocycles. The van der Waals surface area contributed by atoms with Gasteiger partial charge in [0, 0.05) is 19.3 Å². The van der Waals surface area contributed by atoms with Gasteiger partial charge in [0.15, 0.2) is 6.10 Å². The molecule has 0 aliphatic carbocycles. The molecule has 0 aliphatic rings. The Balaban J connectivity index is 4.39. The van der Waals surface area contributed by atoms with Gasteiger partial charge in [0.2, 0.25) is 0 Å². The van der Waals surface area contributed by atoms with Crippen LogP contribution in [-0.4, -0.2) is 37.2 Å². The third-order valence-corrected chi connectivity index (χ3v) is 12.9. The molecule has 0 N–H and O–H groups in total. The summed E-state index contributed by atoms with van der Waals surface area (Å²) in [5.74, 6) is -0.898. The second kappa shape index (κ2) is 58.4. The molecule has 0 rings (SSSR count). The number of ether oxygens (including phenoxy) is 3. The maximum absolute atomic E-state index is 12.9. The fourth-order valence-corrected chi connectivity index (χ4v) is 8.47. The lowest BCUT2D eigenvalue weighted by Crippen LogP contribution is -2.30. The second-order valence-electron chi connectivity index (χ2n) is 19.9. The zero-order chi connectivity index (χ0) is 50.7. The number of hydrogen-bond acceptors (Lipinski definition) is 6. The van der Waals surface area contributed by atoms with E-state index in [1.807, 2.05) is 0 Å². The maximum atomic E-state index is 12.9. The molecule has 0 saturated carbocycles. The van der Waals surface area contributed by atoms with Crippen LogP contribution in [0.4, 0.5) is 0 Å². The first-order chi connectivity index (χ1) is 34.5. The number of carbonyl (C=O) groups excluding carboxylic acids is 3. The standard InChI is InChI=1S/C64H112O6/c1-4-7-10-13-16-19-22-25-28-30-31-32-33-35-36-39-42-45-48-51-54-57-63(66)69-60-61(59-68-62(65)56-53-50-47-44-41-38-27-24-21-18-15-12-9-6-3)70-64(67)58-55-52-49-46-43-40-37-34-29-26-23-20-17-14-11-8-5-2/h7,10,16,19,24-25,27-28,31-32,35-36,61H,4-6,8-9,11-15,17-18,20-23,26,29-30,33-34,37-60H2,1-3H3/b10-7-,19-16-,27-24-,28-25-,32-31-,36-35-. The molecule has 0 radical (unpaired) electrons. The zero-order valence-electron chi connectivity index (χ0n) is 46.3. The van der Waals surface area contributed by atoms with E-state index in [0.717, 1.165) is 116 Å². The fourth-order valence-electron chi connectivity index (χ4n) is 8.47. The van der Waals surface area contributed by atoms with Crippen molar-refractivity contribution in [2.24, 2.45) is 0 Å². The van der Waals surface area contributed by atoms with Crippen LogP contribution in [0.1, 0.15) is 297 Å². The normalized spacial score (nSPS) is 12.6. The Morgan fingerprint density at radius 1 is 0.300 bits per heavy atom. The van der Waals surface area contributed by atoms with E-state index >= 15 is 0 Å². The highest BCUT2D eigenvalue weighted by Gasteiger charge is 2.19. The summed E-state index contributed by atoms with van der Waals surface area (Å²) in [7, 11) is 0. The van der Waals surface area contributed by atoms with Gasteiger partial charge in [-0.2, -0.15) is 0 Å². The summed E-state index contributed by atoms with van der Waals surface area (Å²) in [5.41, 5.74) is 0. The van der Waals surface area contributed by atoms with Crippen molar-refractivity contribution < 1.29 is 28.6 Å². The van der Waals surface area contributed by atoms with E-state index in [-0.39, 0.29) is 31.1 Å². The van der Waals surface area contributed by atoms with Gasteiger partial charge >= 0.3 is 17.9 Å². The fraction of sp³-hybridized carbons (Fsp3) is 0.766. The van der Waals surface area contributed by atoms with Crippen LogP contribution in [0.25, 0.3) is 0 Å². The molecule has 0 aromatic heterocycles.